The van der Waals surface area contributed by atoms with Gasteiger partial charge in [-0.05, 0) is 31.4 Å². The molecule has 0 bridgehead atoms. The molecule has 1 aliphatic heterocycles. The minimum Gasteiger partial charge on any atom is -0.431 e. The standard InChI is InChI=1S/C19H24N2O4S2/c22-18(12-26-19-20-16-8-4-5-9-17(16)25-19)21(14-6-2-1-3-7-14)15-10-11-27(23,24)13-15/h4-5,8-9,14-15H,1-3,6-7,10-13H2/t15-/m1/s1. The van der Waals surface area contributed by atoms with Crippen molar-refractivity contribution < 1.29 is 17.6 Å². The Labute approximate surface area is 163 Å². The van der Waals surface area contributed by atoms with Gasteiger partial charge in [0.25, 0.3) is 5.22 Å². The molecule has 2 aliphatic rings. The molecule has 2 fully saturated rings. The smallest absolute Gasteiger partial charge is 0.257 e. The first kappa shape index (κ1) is 18.8. The summed E-state index contributed by atoms with van der Waals surface area (Å²) in [5, 5.41) is 0.479. The molecule has 0 radical (unpaired) electrons. The lowest BCUT2D eigenvalue weighted by atomic mass is 9.93. The highest BCUT2D eigenvalue weighted by molar-refractivity contribution is 7.99. The third kappa shape index (κ3) is 4.32. The zero-order valence-electron chi connectivity index (χ0n) is 15.2. The van der Waals surface area contributed by atoms with E-state index < -0.39 is 9.84 Å². The van der Waals surface area contributed by atoms with Gasteiger partial charge in [0.2, 0.25) is 5.91 Å². The van der Waals surface area contributed by atoms with Gasteiger partial charge in [-0.2, -0.15) is 0 Å². The van der Waals surface area contributed by atoms with Gasteiger partial charge < -0.3 is 9.32 Å². The summed E-state index contributed by atoms with van der Waals surface area (Å²) in [5.74, 6) is 0.506. The number of oxazole rings is 1. The second-order valence-corrected chi connectivity index (χ2v) is 10.5. The van der Waals surface area contributed by atoms with Crippen LogP contribution in [0.25, 0.3) is 11.1 Å². The maximum absolute atomic E-state index is 13.1. The van der Waals surface area contributed by atoms with Crippen molar-refractivity contribution in [3.8, 4) is 0 Å². The Bertz CT molecular complexity index is 886. The van der Waals surface area contributed by atoms with Gasteiger partial charge in [0, 0.05) is 12.1 Å². The van der Waals surface area contributed by atoms with Crippen LogP contribution in [-0.4, -0.2) is 53.6 Å². The summed E-state index contributed by atoms with van der Waals surface area (Å²) in [6.07, 6.45) is 5.89. The lowest BCUT2D eigenvalue weighted by Crippen LogP contribution is -2.49. The number of carbonyl (C=O) groups excluding carboxylic acids is 1. The maximum atomic E-state index is 13.1. The van der Waals surface area contributed by atoms with E-state index in [4.69, 9.17) is 4.42 Å². The van der Waals surface area contributed by atoms with E-state index in [1.54, 1.807) is 0 Å². The monoisotopic (exact) mass is 408 g/mol. The highest BCUT2D eigenvalue weighted by atomic mass is 32.2. The fourth-order valence-corrected chi connectivity index (χ4v) is 6.59. The van der Waals surface area contributed by atoms with Crippen molar-refractivity contribution in [1.82, 2.24) is 9.88 Å². The normalized spacial score (nSPS) is 22.9. The number of para-hydroxylation sites is 2. The van der Waals surface area contributed by atoms with Crippen molar-refractivity contribution in [2.24, 2.45) is 0 Å². The molecule has 6 nitrogen and oxygen atoms in total. The first-order chi connectivity index (χ1) is 13.0. The molecule has 1 atom stereocenters. The first-order valence-electron chi connectivity index (χ1n) is 9.52. The number of nitrogens with zero attached hydrogens (tertiary/aromatic N) is 2. The number of sulfone groups is 1. The lowest BCUT2D eigenvalue weighted by Gasteiger charge is -2.38. The number of rotatable bonds is 5. The Hall–Kier alpha value is -1.54. The van der Waals surface area contributed by atoms with Crippen molar-refractivity contribution in [2.45, 2.75) is 55.8 Å². The van der Waals surface area contributed by atoms with Crippen LogP contribution in [0.1, 0.15) is 38.5 Å². The SMILES string of the molecule is O=C(CSc1nc2ccccc2o1)N(C1CCCCC1)[C@@H]1CCS(=O)(=O)C1. The van der Waals surface area contributed by atoms with E-state index in [-0.39, 0.29) is 35.2 Å². The van der Waals surface area contributed by atoms with Crippen molar-refractivity contribution in [1.29, 1.82) is 0 Å². The van der Waals surface area contributed by atoms with E-state index in [1.807, 2.05) is 29.2 Å². The molecule has 2 heterocycles. The topological polar surface area (TPSA) is 80.5 Å². The number of amides is 1. The van der Waals surface area contributed by atoms with Crippen LogP contribution in [0.5, 0.6) is 0 Å². The number of aromatic nitrogens is 1. The number of thioether (sulfide) groups is 1. The van der Waals surface area contributed by atoms with E-state index in [1.165, 1.54) is 18.2 Å². The van der Waals surface area contributed by atoms with Gasteiger partial charge >= 0.3 is 0 Å². The van der Waals surface area contributed by atoms with Crippen molar-refractivity contribution in [3.05, 3.63) is 24.3 Å². The first-order valence-corrected chi connectivity index (χ1v) is 12.3. The summed E-state index contributed by atoms with van der Waals surface area (Å²) < 4.78 is 29.6. The molecular weight excluding hydrogens is 384 g/mol. The largest absolute Gasteiger partial charge is 0.431 e. The number of hydrogen-bond donors (Lipinski definition) is 0. The Morgan fingerprint density at radius 2 is 1.93 bits per heavy atom. The van der Waals surface area contributed by atoms with Gasteiger partial charge in [0.15, 0.2) is 15.4 Å². The molecule has 1 amide bonds. The number of carbonyl (C=O) groups is 1. The average molecular weight is 409 g/mol. The molecule has 0 spiro atoms. The van der Waals surface area contributed by atoms with Crippen LogP contribution < -0.4 is 0 Å². The van der Waals surface area contributed by atoms with Crippen LogP contribution in [0.2, 0.25) is 0 Å². The van der Waals surface area contributed by atoms with Gasteiger partial charge in [-0.3, -0.25) is 4.79 Å². The molecule has 1 aromatic heterocycles. The average Bonchev–Trinajstić information content (AvgIpc) is 3.23. The third-order valence-corrected chi connectivity index (χ3v) is 8.01. The molecule has 1 saturated carbocycles. The fourth-order valence-electron chi connectivity index (χ4n) is 4.17. The zero-order chi connectivity index (χ0) is 18.9. The Kier molecular flexibility index (Phi) is 5.45. The number of fused-ring (bicyclic) bond motifs is 1. The Balaban J connectivity index is 1.47. The maximum Gasteiger partial charge on any atom is 0.257 e. The molecule has 1 saturated heterocycles. The van der Waals surface area contributed by atoms with Crippen LogP contribution >= 0.6 is 11.8 Å². The van der Waals surface area contributed by atoms with E-state index in [0.29, 0.717) is 17.2 Å². The van der Waals surface area contributed by atoms with Crippen molar-refractivity contribution >= 4 is 38.6 Å². The van der Waals surface area contributed by atoms with Crippen LogP contribution in [0.15, 0.2) is 33.9 Å². The predicted molar refractivity (Wildman–Crippen MR) is 106 cm³/mol. The molecular formula is C19H24N2O4S2. The summed E-state index contributed by atoms with van der Waals surface area (Å²) in [4.78, 5) is 19.4. The van der Waals surface area contributed by atoms with Crippen molar-refractivity contribution in [3.63, 3.8) is 0 Å². The molecule has 4 rings (SSSR count). The second kappa shape index (κ2) is 7.83. The van der Waals surface area contributed by atoms with E-state index in [2.05, 4.69) is 4.98 Å². The van der Waals surface area contributed by atoms with Gasteiger partial charge in [-0.25, -0.2) is 13.4 Å². The summed E-state index contributed by atoms with van der Waals surface area (Å²) in [5.41, 5.74) is 1.48. The molecule has 8 heteroatoms. The number of hydrogen-bond acceptors (Lipinski definition) is 6. The van der Waals surface area contributed by atoms with Gasteiger partial charge in [0.1, 0.15) is 5.52 Å². The van der Waals surface area contributed by atoms with E-state index >= 15 is 0 Å². The quantitative estimate of drug-likeness (QED) is 0.707. The van der Waals surface area contributed by atoms with Crippen LogP contribution in [-0.2, 0) is 14.6 Å². The predicted octanol–water partition coefficient (Wildman–Crippen LogP) is 3.27. The van der Waals surface area contributed by atoms with Gasteiger partial charge in [-0.1, -0.05) is 43.2 Å². The minimum atomic E-state index is -3.03. The van der Waals surface area contributed by atoms with Crippen LogP contribution in [0.4, 0.5) is 0 Å². The van der Waals surface area contributed by atoms with Crippen LogP contribution in [0.3, 0.4) is 0 Å². The van der Waals surface area contributed by atoms with E-state index in [0.717, 1.165) is 31.2 Å². The van der Waals surface area contributed by atoms with Crippen molar-refractivity contribution in [2.75, 3.05) is 17.3 Å². The molecule has 146 valence electrons. The summed E-state index contributed by atoms with van der Waals surface area (Å²) in [6, 6.07) is 7.49. The van der Waals surface area contributed by atoms with Crippen LogP contribution in [0, 0.1) is 0 Å². The number of benzene rings is 1. The molecule has 0 unspecified atom stereocenters. The zero-order valence-corrected chi connectivity index (χ0v) is 16.8. The highest BCUT2D eigenvalue weighted by Crippen LogP contribution is 2.30. The Morgan fingerprint density at radius 3 is 2.63 bits per heavy atom. The lowest BCUT2D eigenvalue weighted by molar-refractivity contribution is -0.133. The molecule has 0 N–H and O–H groups in total. The second-order valence-electron chi connectivity index (χ2n) is 7.39. The summed E-state index contributed by atoms with van der Waals surface area (Å²) >= 11 is 1.29. The molecule has 2 aromatic rings. The third-order valence-electron chi connectivity index (χ3n) is 5.45. The highest BCUT2D eigenvalue weighted by Gasteiger charge is 2.38. The molecule has 27 heavy (non-hydrogen) atoms. The molecule has 1 aromatic carbocycles. The summed E-state index contributed by atoms with van der Waals surface area (Å²) in [7, 11) is -3.03. The summed E-state index contributed by atoms with van der Waals surface area (Å²) in [6.45, 7) is 0. The van der Waals surface area contributed by atoms with Gasteiger partial charge in [-0.15, -0.1) is 0 Å². The molecule has 1 aliphatic carbocycles. The fraction of sp³-hybridized carbons (Fsp3) is 0.579. The van der Waals surface area contributed by atoms with E-state index in [9.17, 15) is 13.2 Å². The Morgan fingerprint density at radius 1 is 1.15 bits per heavy atom. The minimum absolute atomic E-state index is 0.00347. The van der Waals surface area contributed by atoms with Gasteiger partial charge in [0.05, 0.1) is 17.3 Å².